The Labute approximate surface area is 176 Å². The maximum absolute atomic E-state index is 10.9. The van der Waals surface area contributed by atoms with Crippen LogP contribution in [0.2, 0.25) is 0 Å². The number of rotatable bonds is 15. The van der Waals surface area contributed by atoms with Gasteiger partial charge in [0.05, 0.1) is 12.2 Å². The van der Waals surface area contributed by atoms with Gasteiger partial charge < -0.3 is 6.16 Å². The van der Waals surface area contributed by atoms with Crippen molar-refractivity contribution in [2.45, 2.75) is 83.8 Å². The Morgan fingerprint density at radius 2 is 1.24 bits per heavy atom. The van der Waals surface area contributed by atoms with Gasteiger partial charge in [0.25, 0.3) is 20.2 Å². The van der Waals surface area contributed by atoms with Crippen LogP contribution in [0.3, 0.4) is 0 Å². The zero-order chi connectivity index (χ0) is 18.6. The van der Waals surface area contributed by atoms with Crippen LogP contribution >= 0.6 is 0 Å². The summed E-state index contributed by atoms with van der Waals surface area (Å²) in [6, 6.07) is 0. The number of hydrogen-bond acceptors (Lipinski definition) is 5. The fraction of sp³-hybridized carbons (Fsp3) is 1.00. The molecule has 0 aliphatic rings. The first-order valence-electron chi connectivity index (χ1n) is 8.59. The first-order chi connectivity index (χ1) is 11.0. The van der Waals surface area contributed by atoms with E-state index in [9.17, 15) is 16.8 Å². The van der Waals surface area contributed by atoms with Gasteiger partial charge in [-0.1, -0.05) is 58.3 Å². The summed E-state index contributed by atoms with van der Waals surface area (Å²) in [5.74, 6) is -1.71. The van der Waals surface area contributed by atoms with Crippen molar-refractivity contribution in [3.8, 4) is 0 Å². The van der Waals surface area contributed by atoms with Crippen molar-refractivity contribution in [3.05, 3.63) is 0 Å². The van der Waals surface area contributed by atoms with E-state index in [1.54, 1.807) is 6.92 Å². The normalized spacial score (nSPS) is 13.6. The predicted molar refractivity (Wildman–Crippen MR) is 95.5 cm³/mol. The van der Waals surface area contributed by atoms with Crippen LogP contribution in [0.4, 0.5) is 0 Å². The minimum Gasteiger partial charge on any atom is -1.00 e. The Kier molecular flexibility index (Phi) is 16.6. The molecule has 0 heterocycles. The first-order valence-corrected chi connectivity index (χ1v) is 11.8. The van der Waals surface area contributed by atoms with Gasteiger partial charge in [0.2, 0.25) is 0 Å². The molecular formula is C15H33NaO7S2. The first kappa shape index (κ1) is 28.0. The summed E-state index contributed by atoms with van der Waals surface area (Å²) in [4.78, 5) is 0. The average Bonchev–Trinajstić information content (AvgIpc) is 2.37. The topological polar surface area (TPSA) is 118 Å². The molecule has 2 N–H and O–H groups in total. The van der Waals surface area contributed by atoms with Gasteiger partial charge in [0.1, 0.15) is 11.5 Å². The maximum Gasteiger partial charge on any atom is 1.00 e. The molecule has 0 aromatic rings. The third-order valence-corrected chi connectivity index (χ3v) is 5.27. The summed E-state index contributed by atoms with van der Waals surface area (Å²) in [6.07, 6.45) is 8.32. The Morgan fingerprint density at radius 1 is 0.840 bits per heavy atom. The molecule has 1 unspecified atom stereocenters. The van der Waals surface area contributed by atoms with Crippen molar-refractivity contribution in [1.82, 2.24) is 0 Å². The molecular weight excluding hydrogens is 379 g/mol. The van der Waals surface area contributed by atoms with Gasteiger partial charge in [-0.3, -0.25) is 9.11 Å². The van der Waals surface area contributed by atoms with E-state index in [2.05, 4.69) is 6.92 Å². The minimum absolute atomic E-state index is 0. The molecule has 0 bridgehead atoms. The molecule has 0 rings (SSSR count). The summed E-state index contributed by atoms with van der Waals surface area (Å²) in [5.41, 5.74) is 0. The summed E-state index contributed by atoms with van der Waals surface area (Å²) < 4.78 is 66.7. The zero-order valence-corrected chi connectivity index (χ0v) is 19.3. The summed E-state index contributed by atoms with van der Waals surface area (Å²) in [6.45, 7) is 3.90. The van der Waals surface area contributed by atoms with E-state index in [-0.39, 0.29) is 37.1 Å². The Hall–Kier alpha value is 0.780. The predicted octanol–water partition coefficient (Wildman–Crippen LogP) is 0.183. The second-order valence-electron chi connectivity index (χ2n) is 6.33. The van der Waals surface area contributed by atoms with Gasteiger partial charge in [-0.2, -0.15) is 16.8 Å². The quantitative estimate of drug-likeness (QED) is 0.224. The summed E-state index contributed by atoms with van der Waals surface area (Å²) in [5, 5.41) is 0. The number of unbranched alkanes of at least 4 members (excludes halogenated alkanes) is 7. The Bertz CT molecular complexity index is 492. The molecule has 0 amide bonds. The second kappa shape index (κ2) is 14.8. The van der Waals surface area contributed by atoms with Crippen molar-refractivity contribution >= 4 is 20.2 Å². The fourth-order valence-corrected chi connectivity index (χ4v) is 4.04. The van der Waals surface area contributed by atoms with E-state index in [0.29, 0.717) is 6.42 Å². The molecule has 0 fully saturated rings. The molecule has 0 saturated heterocycles. The molecule has 7 nitrogen and oxygen atoms in total. The van der Waals surface area contributed by atoms with E-state index in [4.69, 9.17) is 13.8 Å². The molecule has 0 radical (unpaired) electrons. The standard InChI is InChI=1S/C15H32O7S2.Na.H/c1-3-4-5-6-7-8-9-10-11-14(2)22-15(12-23(16,17)18)13-24(19,20)21;;/h14-15H,3-13H2,1-2H3,(H,16,17,18)(H,19,20,21);;/q;+1;-1. The van der Waals surface area contributed by atoms with Crippen LogP contribution in [0.1, 0.15) is 73.1 Å². The monoisotopic (exact) mass is 412 g/mol. The van der Waals surface area contributed by atoms with Gasteiger partial charge in [-0.05, 0) is 13.3 Å². The number of ether oxygens (including phenoxy) is 1. The molecule has 0 aromatic carbocycles. The molecule has 0 aliphatic carbocycles. The van der Waals surface area contributed by atoms with Crippen molar-refractivity contribution in [2.24, 2.45) is 0 Å². The van der Waals surface area contributed by atoms with E-state index in [1.165, 1.54) is 32.1 Å². The van der Waals surface area contributed by atoms with E-state index >= 15 is 0 Å². The molecule has 148 valence electrons. The Morgan fingerprint density at radius 3 is 1.64 bits per heavy atom. The van der Waals surface area contributed by atoms with Gasteiger partial charge in [0, 0.05) is 0 Å². The molecule has 1 atom stereocenters. The third kappa shape index (κ3) is 20.9. The van der Waals surface area contributed by atoms with E-state index in [1.807, 2.05) is 0 Å². The van der Waals surface area contributed by atoms with Gasteiger partial charge >= 0.3 is 29.6 Å². The fourth-order valence-electron chi connectivity index (χ4n) is 2.56. The molecule has 0 aromatic heterocycles. The maximum atomic E-state index is 10.9. The zero-order valence-electron chi connectivity index (χ0n) is 16.7. The third-order valence-electron chi connectivity index (χ3n) is 3.68. The van der Waals surface area contributed by atoms with Crippen molar-refractivity contribution in [2.75, 3.05) is 11.5 Å². The van der Waals surface area contributed by atoms with Crippen LogP contribution in [-0.4, -0.2) is 49.7 Å². The second-order valence-corrected chi connectivity index (χ2v) is 9.32. The van der Waals surface area contributed by atoms with Gasteiger partial charge in [-0.25, -0.2) is 0 Å². The van der Waals surface area contributed by atoms with E-state index in [0.717, 1.165) is 19.3 Å². The van der Waals surface area contributed by atoms with Crippen LogP contribution in [0.25, 0.3) is 0 Å². The Balaban J connectivity index is -0.00000264. The van der Waals surface area contributed by atoms with Crippen molar-refractivity contribution in [1.29, 1.82) is 0 Å². The average molecular weight is 413 g/mol. The van der Waals surface area contributed by atoms with Crippen LogP contribution < -0.4 is 29.6 Å². The van der Waals surface area contributed by atoms with Crippen LogP contribution in [0.5, 0.6) is 0 Å². The van der Waals surface area contributed by atoms with Crippen molar-refractivity contribution in [3.63, 3.8) is 0 Å². The van der Waals surface area contributed by atoms with Crippen LogP contribution in [0, 0.1) is 0 Å². The van der Waals surface area contributed by atoms with Gasteiger partial charge in [-0.15, -0.1) is 0 Å². The smallest absolute Gasteiger partial charge is 1.00 e. The van der Waals surface area contributed by atoms with Crippen LogP contribution in [0.15, 0.2) is 0 Å². The van der Waals surface area contributed by atoms with Crippen LogP contribution in [-0.2, 0) is 25.0 Å². The minimum atomic E-state index is -4.38. The molecule has 0 aliphatic heterocycles. The largest absolute Gasteiger partial charge is 1.00 e. The molecule has 25 heavy (non-hydrogen) atoms. The number of hydrogen-bond donors (Lipinski definition) is 2. The molecule has 0 spiro atoms. The van der Waals surface area contributed by atoms with Gasteiger partial charge in [0.15, 0.2) is 0 Å². The SMILES string of the molecule is CCCCCCCCCCC(C)OC(CS(=O)(=O)O)CS(=O)(=O)O.[H-].[Na+]. The summed E-state index contributed by atoms with van der Waals surface area (Å²) >= 11 is 0. The summed E-state index contributed by atoms with van der Waals surface area (Å²) in [7, 11) is -8.76. The molecule has 10 heteroatoms. The molecule has 0 saturated carbocycles. The van der Waals surface area contributed by atoms with Crippen molar-refractivity contribution < 1.29 is 61.7 Å². The van der Waals surface area contributed by atoms with E-state index < -0.39 is 37.8 Å².